The second-order valence-electron chi connectivity index (χ2n) is 7.22. The highest BCUT2D eigenvalue weighted by atomic mass is 16.1. The van der Waals surface area contributed by atoms with E-state index in [0.717, 1.165) is 24.2 Å². The van der Waals surface area contributed by atoms with Crippen molar-refractivity contribution in [3.63, 3.8) is 0 Å². The summed E-state index contributed by atoms with van der Waals surface area (Å²) >= 11 is 0. The Morgan fingerprint density at radius 2 is 2.04 bits per heavy atom. The van der Waals surface area contributed by atoms with Crippen LogP contribution in [0.5, 0.6) is 0 Å². The molecule has 1 fully saturated rings. The monoisotopic (exact) mass is 379 g/mol. The van der Waals surface area contributed by atoms with Crippen molar-refractivity contribution in [2.24, 2.45) is 0 Å². The van der Waals surface area contributed by atoms with Crippen LogP contribution >= 0.6 is 0 Å². The zero-order valence-corrected chi connectivity index (χ0v) is 15.8. The van der Waals surface area contributed by atoms with Crippen LogP contribution < -0.4 is 10.6 Å². The van der Waals surface area contributed by atoms with E-state index in [1.54, 1.807) is 10.7 Å². The number of pyridine rings is 1. The zero-order valence-electron chi connectivity index (χ0n) is 15.8. The van der Waals surface area contributed by atoms with E-state index < -0.39 is 0 Å². The molecule has 0 aromatic carbocycles. The third-order valence-electron chi connectivity index (χ3n) is 5.07. The summed E-state index contributed by atoms with van der Waals surface area (Å²) in [5.74, 6) is 1.50. The summed E-state index contributed by atoms with van der Waals surface area (Å²) in [5, 5.41) is 19.4. The van der Waals surface area contributed by atoms with Crippen molar-refractivity contribution < 1.29 is 4.79 Å². The summed E-state index contributed by atoms with van der Waals surface area (Å²) in [6.45, 7) is 0.633. The van der Waals surface area contributed by atoms with Crippen molar-refractivity contribution in [3.05, 3.63) is 48.0 Å². The maximum absolute atomic E-state index is 12.3. The summed E-state index contributed by atoms with van der Waals surface area (Å²) in [7, 11) is 0. The zero-order chi connectivity index (χ0) is 19.2. The molecule has 0 radical (unpaired) electrons. The van der Waals surface area contributed by atoms with Gasteiger partial charge in [0.25, 0.3) is 0 Å². The van der Waals surface area contributed by atoms with Crippen LogP contribution in [0, 0.1) is 0 Å². The van der Waals surface area contributed by atoms with Crippen LogP contribution in [0.2, 0.25) is 0 Å². The molecule has 4 rings (SSSR count). The third-order valence-corrected chi connectivity index (χ3v) is 5.07. The van der Waals surface area contributed by atoms with Gasteiger partial charge in [0.2, 0.25) is 5.91 Å². The Kier molecular flexibility index (Phi) is 5.75. The van der Waals surface area contributed by atoms with Gasteiger partial charge < -0.3 is 10.6 Å². The molecule has 3 aromatic rings. The maximum atomic E-state index is 12.3. The molecule has 28 heavy (non-hydrogen) atoms. The number of nitrogens with one attached hydrogen (secondary N) is 2. The highest BCUT2D eigenvalue weighted by molar-refractivity contribution is 5.76. The van der Waals surface area contributed by atoms with Crippen molar-refractivity contribution in [3.8, 4) is 0 Å². The van der Waals surface area contributed by atoms with E-state index in [4.69, 9.17) is 0 Å². The molecule has 1 aliphatic carbocycles. The Labute approximate surface area is 163 Å². The Hall–Kier alpha value is -3.03. The van der Waals surface area contributed by atoms with Crippen LogP contribution in [-0.4, -0.2) is 36.7 Å². The number of amides is 1. The van der Waals surface area contributed by atoms with Crippen LogP contribution in [-0.2, 0) is 17.8 Å². The van der Waals surface area contributed by atoms with Gasteiger partial charge in [0.05, 0.1) is 0 Å². The van der Waals surface area contributed by atoms with Gasteiger partial charge >= 0.3 is 0 Å². The summed E-state index contributed by atoms with van der Waals surface area (Å²) < 4.78 is 1.71. The van der Waals surface area contributed by atoms with Gasteiger partial charge in [-0.25, -0.2) is 0 Å². The quantitative estimate of drug-likeness (QED) is 0.655. The minimum Gasteiger partial charge on any atom is -0.364 e. The van der Waals surface area contributed by atoms with Gasteiger partial charge in [-0.15, -0.1) is 15.3 Å². The van der Waals surface area contributed by atoms with Gasteiger partial charge in [-0.05, 0) is 36.6 Å². The van der Waals surface area contributed by atoms with Gasteiger partial charge in [0.1, 0.15) is 5.82 Å². The summed E-state index contributed by atoms with van der Waals surface area (Å²) in [4.78, 5) is 16.4. The lowest BCUT2D eigenvalue weighted by Gasteiger charge is -2.22. The molecule has 8 heteroatoms. The van der Waals surface area contributed by atoms with Crippen LogP contribution in [0.25, 0.3) is 5.65 Å². The summed E-state index contributed by atoms with van der Waals surface area (Å²) in [6, 6.07) is 7.99. The highest BCUT2D eigenvalue weighted by Gasteiger charge is 2.16. The van der Waals surface area contributed by atoms with E-state index in [1.807, 2.05) is 30.5 Å². The minimum atomic E-state index is 0.0782. The fourth-order valence-corrected chi connectivity index (χ4v) is 3.55. The first-order chi connectivity index (χ1) is 13.8. The molecule has 8 nitrogen and oxygen atoms in total. The summed E-state index contributed by atoms with van der Waals surface area (Å²) in [5.41, 5.74) is 1.75. The fraction of sp³-hybridized carbons (Fsp3) is 0.450. The van der Waals surface area contributed by atoms with Crippen molar-refractivity contribution in [1.82, 2.24) is 30.1 Å². The Bertz CT molecular complexity index is 919. The minimum absolute atomic E-state index is 0.0782. The Balaban J connectivity index is 1.36. The van der Waals surface area contributed by atoms with Crippen LogP contribution in [0.1, 0.15) is 49.9 Å². The smallest absolute Gasteiger partial charge is 0.220 e. The first kappa shape index (κ1) is 18.3. The molecule has 2 N–H and O–H groups in total. The molecule has 3 aromatic heterocycles. The van der Waals surface area contributed by atoms with Gasteiger partial charge in [-0.1, -0.05) is 25.3 Å². The molecule has 0 unspecified atom stereocenters. The normalized spacial score (nSPS) is 14.9. The lowest BCUT2D eigenvalue weighted by Crippen LogP contribution is -2.36. The molecule has 0 bridgehead atoms. The highest BCUT2D eigenvalue weighted by Crippen LogP contribution is 2.17. The van der Waals surface area contributed by atoms with E-state index in [9.17, 15) is 4.79 Å². The summed E-state index contributed by atoms with van der Waals surface area (Å²) in [6.07, 6.45) is 10.4. The Morgan fingerprint density at radius 3 is 2.86 bits per heavy atom. The van der Waals surface area contributed by atoms with Gasteiger partial charge in [-0.2, -0.15) is 4.52 Å². The second kappa shape index (κ2) is 8.77. The number of nitrogens with zero attached hydrogens (tertiary/aromatic N) is 5. The molecule has 1 amide bonds. The number of hydrogen-bond acceptors (Lipinski definition) is 6. The molecule has 0 saturated heterocycles. The first-order valence-corrected chi connectivity index (χ1v) is 9.91. The molecular formula is C20H25N7O. The molecule has 0 aliphatic heterocycles. The standard InChI is InChI=1S/C20H25N7O/c28-20(23-16-6-2-1-3-7-16)11-10-19-25-24-18-9-8-17(26-27(18)19)22-14-15-5-4-12-21-13-15/h4-5,8-9,12-13,16H,1-3,6-7,10-11,14H2,(H,22,26)(H,23,28). The first-order valence-electron chi connectivity index (χ1n) is 9.91. The Morgan fingerprint density at radius 1 is 1.14 bits per heavy atom. The number of carbonyl (C=O) groups is 1. The van der Waals surface area contributed by atoms with Crippen LogP contribution in [0.3, 0.4) is 0 Å². The molecule has 0 spiro atoms. The average molecular weight is 379 g/mol. The largest absolute Gasteiger partial charge is 0.364 e. The number of aromatic nitrogens is 5. The number of fused-ring (bicyclic) bond motifs is 1. The molecule has 1 saturated carbocycles. The molecular weight excluding hydrogens is 354 g/mol. The molecule has 146 valence electrons. The topological polar surface area (TPSA) is 97.1 Å². The molecule has 0 atom stereocenters. The van der Waals surface area contributed by atoms with Crippen molar-refractivity contribution in [1.29, 1.82) is 0 Å². The average Bonchev–Trinajstić information content (AvgIpc) is 3.14. The van der Waals surface area contributed by atoms with E-state index in [-0.39, 0.29) is 5.91 Å². The third kappa shape index (κ3) is 4.62. The number of carbonyl (C=O) groups excluding carboxylic acids is 1. The predicted octanol–water partition coefficient (Wildman–Crippen LogP) is 2.51. The van der Waals surface area contributed by atoms with Crippen molar-refractivity contribution >= 4 is 17.4 Å². The van der Waals surface area contributed by atoms with E-state index >= 15 is 0 Å². The van der Waals surface area contributed by atoms with Crippen molar-refractivity contribution in [2.45, 2.75) is 57.5 Å². The SMILES string of the molecule is O=C(CCc1nnc2ccc(NCc3cccnc3)nn12)NC1CCCCC1. The predicted molar refractivity (Wildman–Crippen MR) is 106 cm³/mol. The number of anilines is 1. The van der Waals surface area contributed by atoms with E-state index in [2.05, 4.69) is 30.9 Å². The number of hydrogen-bond donors (Lipinski definition) is 2. The van der Waals surface area contributed by atoms with Gasteiger partial charge in [0.15, 0.2) is 11.5 Å². The van der Waals surface area contributed by atoms with Gasteiger partial charge in [0, 0.05) is 37.8 Å². The number of rotatable bonds is 7. The lowest BCUT2D eigenvalue weighted by molar-refractivity contribution is -0.122. The van der Waals surface area contributed by atoms with Crippen molar-refractivity contribution in [2.75, 3.05) is 5.32 Å². The van der Waals surface area contributed by atoms with Crippen LogP contribution in [0.15, 0.2) is 36.7 Å². The lowest BCUT2D eigenvalue weighted by atomic mass is 9.95. The van der Waals surface area contributed by atoms with Gasteiger partial charge in [-0.3, -0.25) is 9.78 Å². The molecule has 3 heterocycles. The van der Waals surface area contributed by atoms with Crippen LogP contribution in [0.4, 0.5) is 5.82 Å². The second-order valence-corrected chi connectivity index (χ2v) is 7.22. The maximum Gasteiger partial charge on any atom is 0.220 e. The van der Waals surface area contributed by atoms with E-state index in [0.29, 0.717) is 36.9 Å². The number of aryl methyl sites for hydroxylation is 1. The fourth-order valence-electron chi connectivity index (χ4n) is 3.55. The van der Waals surface area contributed by atoms with E-state index in [1.165, 1.54) is 19.3 Å². The molecule has 1 aliphatic rings.